The molecule has 1 heterocycles. The number of nitrogens with two attached hydrogens (primary N) is 1. The molecule has 1 aromatic heterocycles. The molecule has 3 aromatic rings. The van der Waals surface area contributed by atoms with E-state index in [0.29, 0.717) is 5.82 Å². The number of aryl methyl sites for hydroxylation is 1. The number of benzene rings is 2. The molecule has 0 aliphatic carbocycles. The first-order chi connectivity index (χ1) is 10.2. The second-order valence-electron chi connectivity index (χ2n) is 4.81. The first-order valence-electron chi connectivity index (χ1n) is 6.79. The molecule has 2 N–H and O–H groups in total. The van der Waals surface area contributed by atoms with Gasteiger partial charge in [0.2, 0.25) is 0 Å². The molecule has 3 nitrogen and oxygen atoms in total. The van der Waals surface area contributed by atoms with Gasteiger partial charge in [0.25, 0.3) is 0 Å². The summed E-state index contributed by atoms with van der Waals surface area (Å²) in [6, 6.07) is 21.5. The van der Waals surface area contributed by atoms with Crippen LogP contribution < -0.4 is 10.5 Å². The maximum Gasteiger partial charge on any atom is 0.127 e. The molecule has 0 atom stereocenters. The zero-order chi connectivity index (χ0) is 14.7. The van der Waals surface area contributed by atoms with Crippen molar-refractivity contribution in [3.05, 3.63) is 72.4 Å². The van der Waals surface area contributed by atoms with E-state index in [0.717, 1.165) is 28.3 Å². The SMILES string of the molecule is Cc1nc(N)ccc1-c1ccc(Oc2ccccc2)cc1. The van der Waals surface area contributed by atoms with Crippen LogP contribution in [0.1, 0.15) is 5.69 Å². The lowest BCUT2D eigenvalue weighted by molar-refractivity contribution is 0.483. The molecule has 2 aromatic carbocycles. The lowest BCUT2D eigenvalue weighted by Crippen LogP contribution is -1.94. The number of aromatic nitrogens is 1. The minimum Gasteiger partial charge on any atom is -0.457 e. The van der Waals surface area contributed by atoms with Gasteiger partial charge in [-0.15, -0.1) is 0 Å². The van der Waals surface area contributed by atoms with Crippen LogP contribution >= 0.6 is 0 Å². The fraction of sp³-hybridized carbons (Fsp3) is 0.0556. The van der Waals surface area contributed by atoms with Crippen LogP contribution in [-0.4, -0.2) is 4.98 Å². The summed E-state index contributed by atoms with van der Waals surface area (Å²) in [7, 11) is 0. The number of pyridine rings is 1. The Kier molecular flexibility index (Phi) is 3.56. The number of para-hydroxylation sites is 1. The number of rotatable bonds is 3. The predicted octanol–water partition coefficient (Wildman–Crippen LogP) is 4.43. The highest BCUT2D eigenvalue weighted by Gasteiger charge is 2.04. The fourth-order valence-electron chi connectivity index (χ4n) is 2.21. The molecule has 0 radical (unpaired) electrons. The molecule has 0 spiro atoms. The average Bonchev–Trinajstić information content (AvgIpc) is 2.49. The van der Waals surface area contributed by atoms with Crippen molar-refractivity contribution in [3.8, 4) is 22.6 Å². The number of nitrogen functional groups attached to an aromatic ring is 1. The van der Waals surface area contributed by atoms with E-state index in [-0.39, 0.29) is 0 Å². The topological polar surface area (TPSA) is 48.1 Å². The summed E-state index contributed by atoms with van der Waals surface area (Å²) in [5.41, 5.74) is 8.78. The monoisotopic (exact) mass is 276 g/mol. The van der Waals surface area contributed by atoms with Gasteiger partial charge in [0.1, 0.15) is 17.3 Å². The highest BCUT2D eigenvalue weighted by atomic mass is 16.5. The molecule has 3 rings (SSSR count). The number of ether oxygens (including phenoxy) is 1. The van der Waals surface area contributed by atoms with Gasteiger partial charge in [0.05, 0.1) is 0 Å². The summed E-state index contributed by atoms with van der Waals surface area (Å²) in [4.78, 5) is 4.29. The third kappa shape index (κ3) is 3.03. The Bertz CT molecular complexity index is 737. The molecule has 0 unspecified atom stereocenters. The Hall–Kier alpha value is -2.81. The van der Waals surface area contributed by atoms with Crippen LogP contribution in [0.3, 0.4) is 0 Å². The van der Waals surface area contributed by atoms with Crippen molar-refractivity contribution in [2.45, 2.75) is 6.92 Å². The second-order valence-corrected chi connectivity index (χ2v) is 4.81. The van der Waals surface area contributed by atoms with Crippen molar-refractivity contribution in [1.82, 2.24) is 4.98 Å². The summed E-state index contributed by atoms with van der Waals surface area (Å²) in [6.07, 6.45) is 0. The van der Waals surface area contributed by atoms with Crippen LogP contribution in [-0.2, 0) is 0 Å². The van der Waals surface area contributed by atoms with Crippen molar-refractivity contribution < 1.29 is 4.74 Å². The third-order valence-corrected chi connectivity index (χ3v) is 3.25. The molecule has 0 saturated carbocycles. The van der Waals surface area contributed by atoms with Crippen molar-refractivity contribution in [2.24, 2.45) is 0 Å². The summed E-state index contributed by atoms with van der Waals surface area (Å²) in [5.74, 6) is 2.18. The van der Waals surface area contributed by atoms with Crippen LogP contribution in [0.25, 0.3) is 11.1 Å². The molecule has 0 aliphatic heterocycles. The summed E-state index contributed by atoms with van der Waals surface area (Å²) >= 11 is 0. The van der Waals surface area contributed by atoms with Crippen molar-refractivity contribution >= 4 is 5.82 Å². The summed E-state index contributed by atoms with van der Waals surface area (Å²) in [5, 5.41) is 0. The van der Waals surface area contributed by atoms with E-state index in [2.05, 4.69) is 4.98 Å². The standard InChI is InChI=1S/C18H16N2O/c1-13-17(11-12-18(19)20-13)14-7-9-16(10-8-14)21-15-5-3-2-4-6-15/h2-12H,1H3,(H2,19,20). The molecule has 21 heavy (non-hydrogen) atoms. The van der Waals surface area contributed by atoms with Gasteiger partial charge in [-0.2, -0.15) is 0 Å². The molecule has 0 fully saturated rings. The van der Waals surface area contributed by atoms with E-state index in [4.69, 9.17) is 10.5 Å². The Morgan fingerprint density at radius 1 is 0.810 bits per heavy atom. The Morgan fingerprint density at radius 2 is 1.48 bits per heavy atom. The smallest absolute Gasteiger partial charge is 0.127 e. The molecule has 104 valence electrons. The van der Waals surface area contributed by atoms with Crippen LogP contribution in [0.15, 0.2) is 66.7 Å². The molecule has 0 bridgehead atoms. The minimum atomic E-state index is 0.542. The molecular formula is C18H16N2O. The van der Waals surface area contributed by atoms with E-state index < -0.39 is 0 Å². The first-order valence-corrected chi connectivity index (χ1v) is 6.79. The van der Waals surface area contributed by atoms with Gasteiger partial charge in [-0.25, -0.2) is 4.98 Å². The van der Waals surface area contributed by atoms with E-state index in [1.54, 1.807) is 0 Å². The minimum absolute atomic E-state index is 0.542. The third-order valence-electron chi connectivity index (χ3n) is 3.25. The van der Waals surface area contributed by atoms with Gasteiger partial charge in [-0.3, -0.25) is 0 Å². The zero-order valence-corrected chi connectivity index (χ0v) is 11.8. The number of hydrogen-bond acceptors (Lipinski definition) is 3. The van der Waals surface area contributed by atoms with Gasteiger partial charge >= 0.3 is 0 Å². The van der Waals surface area contributed by atoms with Gasteiger partial charge in [-0.1, -0.05) is 30.3 Å². The Morgan fingerprint density at radius 3 is 2.14 bits per heavy atom. The number of hydrogen-bond donors (Lipinski definition) is 1. The van der Waals surface area contributed by atoms with E-state index in [1.165, 1.54) is 0 Å². The van der Waals surface area contributed by atoms with Crippen LogP contribution in [0.4, 0.5) is 5.82 Å². The normalized spacial score (nSPS) is 10.3. The quantitative estimate of drug-likeness (QED) is 0.769. The van der Waals surface area contributed by atoms with E-state index in [1.807, 2.05) is 73.7 Å². The van der Waals surface area contributed by atoms with E-state index in [9.17, 15) is 0 Å². The van der Waals surface area contributed by atoms with Crippen molar-refractivity contribution in [2.75, 3.05) is 5.73 Å². The Balaban J connectivity index is 1.84. The van der Waals surface area contributed by atoms with Gasteiger partial charge in [-0.05, 0) is 48.9 Å². The highest BCUT2D eigenvalue weighted by molar-refractivity contribution is 5.67. The molecular weight excluding hydrogens is 260 g/mol. The van der Waals surface area contributed by atoms with Gasteiger partial charge in [0.15, 0.2) is 0 Å². The predicted molar refractivity (Wildman–Crippen MR) is 85.3 cm³/mol. The molecule has 3 heteroatoms. The second kappa shape index (κ2) is 5.67. The first kappa shape index (κ1) is 13.2. The number of anilines is 1. The molecule has 0 saturated heterocycles. The molecule has 0 aliphatic rings. The van der Waals surface area contributed by atoms with Crippen molar-refractivity contribution in [1.29, 1.82) is 0 Å². The van der Waals surface area contributed by atoms with Crippen LogP contribution in [0.2, 0.25) is 0 Å². The fourth-order valence-corrected chi connectivity index (χ4v) is 2.21. The van der Waals surface area contributed by atoms with Gasteiger partial charge in [0, 0.05) is 11.3 Å². The Labute approximate surface area is 124 Å². The molecule has 0 amide bonds. The maximum atomic E-state index is 5.78. The van der Waals surface area contributed by atoms with Crippen LogP contribution in [0.5, 0.6) is 11.5 Å². The summed E-state index contributed by atoms with van der Waals surface area (Å²) < 4.78 is 5.78. The average molecular weight is 276 g/mol. The number of nitrogens with zero attached hydrogens (tertiary/aromatic N) is 1. The maximum absolute atomic E-state index is 5.78. The van der Waals surface area contributed by atoms with E-state index >= 15 is 0 Å². The highest BCUT2D eigenvalue weighted by Crippen LogP contribution is 2.27. The lowest BCUT2D eigenvalue weighted by atomic mass is 10.0. The van der Waals surface area contributed by atoms with Gasteiger partial charge < -0.3 is 10.5 Å². The lowest BCUT2D eigenvalue weighted by Gasteiger charge is -2.08. The summed E-state index contributed by atoms with van der Waals surface area (Å²) in [6.45, 7) is 1.96. The van der Waals surface area contributed by atoms with Crippen molar-refractivity contribution in [3.63, 3.8) is 0 Å². The zero-order valence-electron chi connectivity index (χ0n) is 11.8. The van der Waals surface area contributed by atoms with Crippen LogP contribution in [0, 0.1) is 6.92 Å². The largest absolute Gasteiger partial charge is 0.457 e.